The predicted molar refractivity (Wildman–Crippen MR) is 47.8 cm³/mol. The topological polar surface area (TPSA) is 0 Å². The van der Waals surface area contributed by atoms with Crippen LogP contribution in [0.15, 0.2) is 42.1 Å². The van der Waals surface area contributed by atoms with Gasteiger partial charge in [0.25, 0.3) is 0 Å². The van der Waals surface area contributed by atoms with Crippen molar-refractivity contribution in [1.82, 2.24) is 0 Å². The fourth-order valence-electron chi connectivity index (χ4n) is 0.834. The summed E-state index contributed by atoms with van der Waals surface area (Å²) in [6, 6.07) is 10.5. The molecular weight excluding hydrogens is 136 g/mol. The Hall–Kier alpha value is -0.823. The highest BCUT2D eigenvalue weighted by Crippen LogP contribution is 1.98. The van der Waals surface area contributed by atoms with E-state index in [1.165, 1.54) is 5.56 Å². The number of hydrogen-bond donors (Lipinski definition) is 0. The van der Waals surface area contributed by atoms with Crippen LogP contribution in [-0.2, 0) is 6.42 Å². The Bertz CT molecular complexity index is 201. The molecule has 51 valence electrons. The molecule has 1 aromatic rings. The molecule has 0 saturated heterocycles. The quantitative estimate of drug-likeness (QED) is 0.554. The van der Waals surface area contributed by atoms with E-state index in [-0.39, 0.29) is 0 Å². The van der Waals surface area contributed by atoms with Crippen LogP contribution in [0, 0.1) is 0 Å². The van der Waals surface area contributed by atoms with Gasteiger partial charge in [-0.3, -0.25) is 0 Å². The summed E-state index contributed by atoms with van der Waals surface area (Å²) in [5.74, 6) is 0. The van der Waals surface area contributed by atoms with Gasteiger partial charge < -0.3 is 0 Å². The molecule has 0 amide bonds. The molecule has 1 aromatic carbocycles. The van der Waals surface area contributed by atoms with E-state index < -0.39 is 0 Å². The van der Waals surface area contributed by atoms with Crippen molar-refractivity contribution in [2.45, 2.75) is 6.42 Å². The Morgan fingerprint density at radius 2 is 1.90 bits per heavy atom. The first-order chi connectivity index (χ1) is 4.93. The van der Waals surface area contributed by atoms with Crippen LogP contribution >= 0.6 is 0 Å². The summed E-state index contributed by atoms with van der Waals surface area (Å²) in [6.07, 6.45) is 3.23. The van der Waals surface area contributed by atoms with Crippen molar-refractivity contribution in [3.05, 3.63) is 47.7 Å². The van der Waals surface area contributed by atoms with Gasteiger partial charge in [-0.1, -0.05) is 36.4 Å². The minimum Gasteiger partial charge on any atom is -0.108 e. The zero-order valence-corrected chi connectivity index (χ0v) is 7.37. The van der Waals surface area contributed by atoms with E-state index in [1.807, 2.05) is 16.3 Å². The summed E-state index contributed by atoms with van der Waals surface area (Å²) >= 11 is 0. The van der Waals surface area contributed by atoms with Gasteiger partial charge in [-0.25, -0.2) is 0 Å². The lowest BCUT2D eigenvalue weighted by molar-refractivity contribution is 1.28. The molecule has 1 heteroatoms. The van der Waals surface area contributed by atoms with E-state index in [0.29, 0.717) is 0 Å². The van der Waals surface area contributed by atoms with Gasteiger partial charge >= 0.3 is 0 Å². The summed E-state index contributed by atoms with van der Waals surface area (Å²) in [5, 5.41) is 0. The highest BCUT2D eigenvalue weighted by Gasteiger charge is 1.82. The first-order valence-corrected chi connectivity index (χ1v) is 4.23. The number of allylic oxidation sites excluding steroid dienone is 1. The van der Waals surface area contributed by atoms with Crippen LogP contribution < -0.4 is 0 Å². The molecule has 0 aliphatic heterocycles. The molecule has 0 unspecified atom stereocenters. The Labute approximate surface area is 65.0 Å². The van der Waals surface area contributed by atoms with E-state index in [9.17, 15) is 0 Å². The van der Waals surface area contributed by atoms with Crippen LogP contribution in [0.4, 0.5) is 0 Å². The molecular formula is C9H11Si. The first-order valence-electron chi connectivity index (χ1n) is 3.41. The molecule has 0 bridgehead atoms. The minimum absolute atomic E-state index is 1.06. The fourth-order valence-corrected chi connectivity index (χ4v) is 1.00. The third-order valence-electron chi connectivity index (χ3n) is 1.36. The fraction of sp³-hybridized carbons (Fsp3) is 0.111. The van der Waals surface area contributed by atoms with Crippen molar-refractivity contribution in [3.8, 4) is 0 Å². The zero-order chi connectivity index (χ0) is 7.23. The van der Waals surface area contributed by atoms with Crippen molar-refractivity contribution < 1.29 is 0 Å². The molecule has 0 fully saturated rings. The molecule has 0 heterocycles. The van der Waals surface area contributed by atoms with E-state index in [0.717, 1.165) is 6.42 Å². The smallest absolute Gasteiger partial charge is 0.0373 e. The molecule has 0 saturated carbocycles. The molecule has 0 spiro atoms. The van der Waals surface area contributed by atoms with Crippen molar-refractivity contribution in [2.75, 3.05) is 0 Å². The zero-order valence-electron chi connectivity index (χ0n) is 5.96. The van der Waals surface area contributed by atoms with Gasteiger partial charge in [0.1, 0.15) is 0 Å². The minimum atomic E-state index is 1.06. The van der Waals surface area contributed by atoms with Gasteiger partial charge in [-0.2, -0.15) is 0 Å². The van der Waals surface area contributed by atoms with Crippen molar-refractivity contribution in [1.29, 1.82) is 0 Å². The molecule has 0 aliphatic carbocycles. The van der Waals surface area contributed by atoms with Crippen LogP contribution in [0.1, 0.15) is 5.56 Å². The largest absolute Gasteiger partial charge is 0.108 e. The lowest BCUT2D eigenvalue weighted by atomic mass is 10.2. The van der Waals surface area contributed by atoms with E-state index in [1.54, 1.807) is 0 Å². The molecule has 0 atom stereocenters. The second-order valence-electron chi connectivity index (χ2n) is 2.16. The van der Waals surface area contributed by atoms with E-state index in [4.69, 9.17) is 0 Å². The van der Waals surface area contributed by atoms with Crippen molar-refractivity contribution >= 4 is 10.2 Å². The van der Waals surface area contributed by atoms with Crippen LogP contribution in [0.2, 0.25) is 0 Å². The highest BCUT2D eigenvalue weighted by atomic mass is 28.1. The third-order valence-corrected chi connectivity index (χ3v) is 1.70. The van der Waals surface area contributed by atoms with Gasteiger partial charge in [0.2, 0.25) is 0 Å². The number of benzene rings is 1. The Balaban J connectivity index is 2.59. The summed E-state index contributed by atoms with van der Waals surface area (Å²) in [6.45, 7) is 0. The highest BCUT2D eigenvalue weighted by molar-refractivity contribution is 6.16. The second-order valence-corrected chi connectivity index (χ2v) is 2.63. The second kappa shape index (κ2) is 4.07. The summed E-state index contributed by atoms with van der Waals surface area (Å²) in [4.78, 5) is 0. The average molecular weight is 147 g/mol. The standard InChI is InChI=1S/C9H11Si/c10-8-4-7-9-5-2-1-3-6-9/h1-6,8H,7,10H2. The summed E-state index contributed by atoms with van der Waals surface area (Å²) < 4.78 is 0. The number of rotatable bonds is 2. The van der Waals surface area contributed by atoms with Gasteiger partial charge in [0.15, 0.2) is 0 Å². The van der Waals surface area contributed by atoms with Crippen LogP contribution in [0.3, 0.4) is 0 Å². The molecule has 0 nitrogen and oxygen atoms in total. The number of hydrogen-bond acceptors (Lipinski definition) is 0. The van der Waals surface area contributed by atoms with Crippen LogP contribution in [-0.4, -0.2) is 10.2 Å². The molecule has 10 heavy (non-hydrogen) atoms. The Morgan fingerprint density at radius 1 is 1.20 bits per heavy atom. The van der Waals surface area contributed by atoms with E-state index >= 15 is 0 Å². The maximum atomic E-state index is 2.17. The summed E-state index contributed by atoms with van der Waals surface area (Å²) in [5.41, 5.74) is 3.48. The SMILES string of the molecule is [SiH2]C=CCc1ccccc1. The Kier molecular flexibility index (Phi) is 2.96. The van der Waals surface area contributed by atoms with Crippen LogP contribution in [0.25, 0.3) is 0 Å². The summed E-state index contributed by atoms with van der Waals surface area (Å²) in [7, 11) is 1.87. The van der Waals surface area contributed by atoms with Gasteiger partial charge in [-0.15, -0.1) is 5.70 Å². The van der Waals surface area contributed by atoms with Gasteiger partial charge in [0, 0.05) is 10.2 Å². The molecule has 1 rings (SSSR count). The van der Waals surface area contributed by atoms with E-state index in [2.05, 4.69) is 36.0 Å². The molecule has 0 aliphatic rings. The lowest BCUT2D eigenvalue weighted by Gasteiger charge is -1.92. The maximum absolute atomic E-state index is 2.17. The van der Waals surface area contributed by atoms with Gasteiger partial charge in [-0.05, 0) is 12.0 Å². The van der Waals surface area contributed by atoms with Crippen LogP contribution in [0.5, 0.6) is 0 Å². The monoisotopic (exact) mass is 147 g/mol. The first kappa shape index (κ1) is 7.29. The van der Waals surface area contributed by atoms with Gasteiger partial charge in [0.05, 0.1) is 0 Å². The predicted octanol–water partition coefficient (Wildman–Crippen LogP) is 1.38. The third kappa shape index (κ3) is 2.19. The molecule has 1 radical (unpaired) electrons. The normalized spacial score (nSPS) is 10.5. The van der Waals surface area contributed by atoms with Crippen molar-refractivity contribution in [3.63, 3.8) is 0 Å². The lowest BCUT2D eigenvalue weighted by Crippen LogP contribution is -1.77. The average Bonchev–Trinajstić information content (AvgIpc) is 2.03. The molecule has 0 aromatic heterocycles. The maximum Gasteiger partial charge on any atom is 0.0373 e. The Morgan fingerprint density at radius 3 is 2.50 bits per heavy atom. The van der Waals surface area contributed by atoms with Crippen molar-refractivity contribution in [2.24, 2.45) is 0 Å². The molecule has 0 N–H and O–H groups in total.